The smallest absolute Gasteiger partial charge is 0.249 e. The lowest BCUT2D eigenvalue weighted by Gasteiger charge is -2.15. The van der Waals surface area contributed by atoms with Gasteiger partial charge in [-0.15, -0.1) is 0 Å². The van der Waals surface area contributed by atoms with Gasteiger partial charge in [0.1, 0.15) is 0 Å². The van der Waals surface area contributed by atoms with E-state index in [1.807, 2.05) is 12.1 Å². The summed E-state index contributed by atoms with van der Waals surface area (Å²) in [6, 6.07) is 18.1. The van der Waals surface area contributed by atoms with Gasteiger partial charge in [0.05, 0.1) is 11.0 Å². The number of carbonyl (C=O) groups excluding carboxylic acids is 1. The molecule has 1 amide bonds. The summed E-state index contributed by atoms with van der Waals surface area (Å²) in [6.07, 6.45) is 3.35. The molecule has 3 heteroatoms. The largest absolute Gasteiger partial charge is 0.366 e. The van der Waals surface area contributed by atoms with Crippen LogP contribution in [-0.4, -0.2) is 10.5 Å². The Morgan fingerprint density at radius 1 is 1.07 bits per heavy atom. The molecule has 1 heterocycles. The number of primary amides is 1. The van der Waals surface area contributed by atoms with Crippen molar-refractivity contribution >= 4 is 27.7 Å². The van der Waals surface area contributed by atoms with Crippen molar-refractivity contribution in [3.8, 4) is 0 Å². The van der Waals surface area contributed by atoms with Gasteiger partial charge in [0, 0.05) is 22.9 Å². The van der Waals surface area contributed by atoms with Crippen molar-refractivity contribution in [2.75, 3.05) is 0 Å². The molecule has 0 aliphatic heterocycles. The van der Waals surface area contributed by atoms with Crippen molar-refractivity contribution in [2.24, 2.45) is 5.73 Å². The first-order valence-corrected chi connectivity index (χ1v) is 10.7. The highest BCUT2D eigenvalue weighted by Crippen LogP contribution is 2.33. The number of unbranched alkanes of at least 4 members (excludes halogenated alkanes) is 1. The van der Waals surface area contributed by atoms with E-state index in [2.05, 4.69) is 68.7 Å². The zero-order chi connectivity index (χ0) is 21.4. The second-order valence-electron chi connectivity index (χ2n) is 8.40. The van der Waals surface area contributed by atoms with Crippen molar-refractivity contribution < 1.29 is 4.79 Å². The Kier molecular flexibility index (Phi) is 5.38. The van der Waals surface area contributed by atoms with Gasteiger partial charge in [0.25, 0.3) is 0 Å². The molecular weight excluding hydrogens is 368 g/mol. The van der Waals surface area contributed by atoms with Gasteiger partial charge < -0.3 is 10.3 Å². The third kappa shape index (κ3) is 3.49. The maximum Gasteiger partial charge on any atom is 0.249 e. The first-order valence-electron chi connectivity index (χ1n) is 10.7. The maximum atomic E-state index is 12.2. The average Bonchev–Trinajstić information content (AvgIpc) is 3.01. The lowest BCUT2D eigenvalue weighted by molar-refractivity contribution is 0.100. The second kappa shape index (κ2) is 7.98. The molecule has 1 aromatic heterocycles. The minimum absolute atomic E-state index is 0.397. The van der Waals surface area contributed by atoms with Crippen LogP contribution in [0, 0.1) is 26.8 Å². The molecular formula is C27H29N2O. The van der Waals surface area contributed by atoms with E-state index in [1.54, 1.807) is 0 Å². The van der Waals surface area contributed by atoms with Gasteiger partial charge in [-0.3, -0.25) is 4.79 Å². The summed E-state index contributed by atoms with van der Waals surface area (Å²) < 4.78 is 2.33. The number of hydrogen-bond donors (Lipinski definition) is 1. The first-order chi connectivity index (χ1) is 14.4. The summed E-state index contributed by atoms with van der Waals surface area (Å²) in [5.41, 5.74) is 14.9. The number of carbonyl (C=O) groups is 1. The number of nitrogens with zero attached hydrogens (tertiary/aromatic N) is 1. The van der Waals surface area contributed by atoms with Crippen LogP contribution in [0.15, 0.2) is 42.5 Å². The van der Waals surface area contributed by atoms with E-state index >= 15 is 0 Å². The standard InChI is InChI=1S/C27H29N2O/c1-5-6-8-20-11-12-21-25(15-20)29(16-23-18(3)13-17(2)14-19(23)4)24-10-7-9-22(26(21)24)27(28)30/h7,9-11,13-15H,5-6,8,16H2,1-4H3,(H2,28,30). The fraction of sp³-hybridized carbons (Fsp3) is 0.296. The summed E-state index contributed by atoms with van der Waals surface area (Å²) in [5.74, 6) is -0.397. The molecule has 4 rings (SSSR count). The molecule has 0 aliphatic rings. The third-order valence-electron chi connectivity index (χ3n) is 6.10. The number of nitrogens with two attached hydrogens (primary N) is 1. The van der Waals surface area contributed by atoms with Crippen LogP contribution in [0.5, 0.6) is 0 Å². The Hall–Kier alpha value is -3.07. The molecule has 3 aromatic carbocycles. The number of aryl methyl sites for hydroxylation is 4. The van der Waals surface area contributed by atoms with Crippen molar-refractivity contribution in [1.82, 2.24) is 4.57 Å². The molecule has 4 aromatic rings. The first kappa shape index (κ1) is 20.2. The van der Waals surface area contributed by atoms with Gasteiger partial charge in [-0.25, -0.2) is 0 Å². The van der Waals surface area contributed by atoms with E-state index in [0.717, 1.165) is 47.6 Å². The SMILES string of the molecule is CCCCc1c[c]c2c3c(C(N)=O)cccc3n(Cc3c(C)cc(C)cc3C)c2c1. The number of fused-ring (bicyclic) bond motifs is 3. The number of aromatic nitrogens is 1. The van der Waals surface area contributed by atoms with E-state index in [4.69, 9.17) is 5.73 Å². The maximum absolute atomic E-state index is 12.2. The molecule has 30 heavy (non-hydrogen) atoms. The Labute approximate surface area is 178 Å². The Morgan fingerprint density at radius 3 is 2.47 bits per heavy atom. The number of hydrogen-bond acceptors (Lipinski definition) is 1. The molecule has 0 fully saturated rings. The van der Waals surface area contributed by atoms with Crippen LogP contribution >= 0.6 is 0 Å². The predicted molar refractivity (Wildman–Crippen MR) is 125 cm³/mol. The highest BCUT2D eigenvalue weighted by atomic mass is 16.1. The highest BCUT2D eigenvalue weighted by Gasteiger charge is 2.18. The molecule has 0 saturated heterocycles. The monoisotopic (exact) mass is 397 g/mol. The van der Waals surface area contributed by atoms with E-state index < -0.39 is 5.91 Å². The van der Waals surface area contributed by atoms with E-state index in [-0.39, 0.29) is 0 Å². The molecule has 0 atom stereocenters. The Morgan fingerprint density at radius 2 is 1.80 bits per heavy atom. The zero-order valence-electron chi connectivity index (χ0n) is 18.3. The minimum atomic E-state index is -0.397. The van der Waals surface area contributed by atoms with Crippen LogP contribution in [0.2, 0.25) is 0 Å². The quantitative estimate of drug-likeness (QED) is 0.425. The molecule has 0 unspecified atom stereocenters. The minimum Gasteiger partial charge on any atom is -0.366 e. The van der Waals surface area contributed by atoms with Gasteiger partial charge in [0.15, 0.2) is 0 Å². The van der Waals surface area contributed by atoms with Crippen molar-refractivity contribution in [2.45, 2.75) is 53.5 Å². The zero-order valence-corrected chi connectivity index (χ0v) is 18.3. The predicted octanol–water partition coefficient (Wildman–Crippen LogP) is 6.01. The van der Waals surface area contributed by atoms with Crippen LogP contribution < -0.4 is 5.73 Å². The lowest BCUT2D eigenvalue weighted by Crippen LogP contribution is -2.11. The van der Waals surface area contributed by atoms with Crippen LogP contribution in [0.1, 0.15) is 57.9 Å². The fourth-order valence-electron chi connectivity index (χ4n) is 4.62. The Bertz CT molecular complexity index is 1240. The summed E-state index contributed by atoms with van der Waals surface area (Å²) in [5, 5.41) is 1.88. The van der Waals surface area contributed by atoms with Gasteiger partial charge in [-0.2, -0.15) is 0 Å². The highest BCUT2D eigenvalue weighted by molar-refractivity contribution is 6.17. The average molecular weight is 398 g/mol. The van der Waals surface area contributed by atoms with Crippen molar-refractivity contribution in [3.05, 3.63) is 81.9 Å². The molecule has 0 aliphatic carbocycles. The fourth-order valence-corrected chi connectivity index (χ4v) is 4.62. The summed E-state index contributed by atoms with van der Waals surface area (Å²) >= 11 is 0. The van der Waals surface area contributed by atoms with E-state index in [1.165, 1.54) is 27.8 Å². The third-order valence-corrected chi connectivity index (χ3v) is 6.10. The van der Waals surface area contributed by atoms with Crippen LogP contribution in [0.3, 0.4) is 0 Å². The number of rotatable bonds is 6. The van der Waals surface area contributed by atoms with Gasteiger partial charge in [-0.1, -0.05) is 43.2 Å². The van der Waals surface area contributed by atoms with E-state index in [9.17, 15) is 4.79 Å². The van der Waals surface area contributed by atoms with Gasteiger partial charge >= 0.3 is 0 Å². The summed E-state index contributed by atoms with van der Waals surface area (Å²) in [7, 11) is 0. The molecule has 0 bridgehead atoms. The molecule has 2 N–H and O–H groups in total. The Balaban J connectivity index is 2.00. The van der Waals surface area contributed by atoms with Crippen LogP contribution in [0.4, 0.5) is 0 Å². The number of amides is 1. The molecule has 3 nitrogen and oxygen atoms in total. The molecule has 153 valence electrons. The van der Waals surface area contributed by atoms with Crippen molar-refractivity contribution in [3.63, 3.8) is 0 Å². The van der Waals surface area contributed by atoms with E-state index in [0.29, 0.717) is 5.56 Å². The van der Waals surface area contributed by atoms with Crippen LogP contribution in [-0.2, 0) is 13.0 Å². The molecule has 1 radical (unpaired) electrons. The topological polar surface area (TPSA) is 48.0 Å². The number of benzene rings is 3. The molecule has 0 saturated carbocycles. The normalized spacial score (nSPS) is 11.5. The van der Waals surface area contributed by atoms with Crippen LogP contribution in [0.25, 0.3) is 21.8 Å². The lowest BCUT2D eigenvalue weighted by atomic mass is 9.99. The summed E-state index contributed by atoms with van der Waals surface area (Å²) in [6.45, 7) is 9.46. The molecule has 0 spiro atoms. The van der Waals surface area contributed by atoms with Gasteiger partial charge in [-0.05, 0) is 80.1 Å². The second-order valence-corrected chi connectivity index (χ2v) is 8.40. The van der Waals surface area contributed by atoms with Gasteiger partial charge in [0.2, 0.25) is 5.91 Å². The summed E-state index contributed by atoms with van der Waals surface area (Å²) in [4.78, 5) is 12.2. The van der Waals surface area contributed by atoms with Crippen molar-refractivity contribution in [1.29, 1.82) is 0 Å².